The van der Waals surface area contributed by atoms with Crippen molar-refractivity contribution in [2.75, 3.05) is 5.32 Å². The fourth-order valence-corrected chi connectivity index (χ4v) is 1.53. The molecule has 6 nitrogen and oxygen atoms in total. The van der Waals surface area contributed by atoms with Gasteiger partial charge < -0.3 is 5.32 Å². The van der Waals surface area contributed by atoms with Crippen molar-refractivity contribution in [1.82, 2.24) is 4.98 Å². The molecule has 100 valence electrons. The molecule has 0 atom stereocenters. The van der Waals surface area contributed by atoms with E-state index >= 15 is 0 Å². The summed E-state index contributed by atoms with van der Waals surface area (Å²) in [5.74, 6) is -0.366. The van der Waals surface area contributed by atoms with Crippen LogP contribution in [0.1, 0.15) is 5.56 Å². The second-order valence-corrected chi connectivity index (χ2v) is 3.92. The third-order valence-electron chi connectivity index (χ3n) is 2.44. The molecule has 0 bridgehead atoms. The fraction of sp³-hybridized carbons (Fsp3) is 0. The summed E-state index contributed by atoms with van der Waals surface area (Å²) in [7, 11) is 0. The van der Waals surface area contributed by atoms with Crippen LogP contribution in [0.15, 0.2) is 54.9 Å². The van der Waals surface area contributed by atoms with Crippen molar-refractivity contribution < 1.29 is 9.72 Å². The second kappa shape index (κ2) is 6.24. The molecule has 0 spiro atoms. The van der Waals surface area contributed by atoms with E-state index in [1.54, 1.807) is 30.6 Å². The number of anilines is 1. The SMILES string of the molecule is O=C(/C=C/c1cccnc1)Nc1cccc([N+](=O)[O-])c1. The summed E-state index contributed by atoms with van der Waals surface area (Å²) >= 11 is 0. The van der Waals surface area contributed by atoms with E-state index < -0.39 is 4.92 Å². The number of rotatable bonds is 4. The zero-order valence-electron chi connectivity index (χ0n) is 10.4. The normalized spacial score (nSPS) is 10.4. The molecule has 0 saturated heterocycles. The van der Waals surface area contributed by atoms with Crippen molar-refractivity contribution in [3.8, 4) is 0 Å². The zero-order valence-corrected chi connectivity index (χ0v) is 10.4. The van der Waals surface area contributed by atoms with E-state index in [1.165, 1.54) is 24.3 Å². The van der Waals surface area contributed by atoms with Crippen molar-refractivity contribution in [3.63, 3.8) is 0 Å². The number of hydrogen-bond donors (Lipinski definition) is 1. The van der Waals surface area contributed by atoms with Crippen LogP contribution in [0.4, 0.5) is 11.4 Å². The molecule has 1 heterocycles. The fourth-order valence-electron chi connectivity index (χ4n) is 1.53. The molecular formula is C14H11N3O3. The van der Waals surface area contributed by atoms with Crippen molar-refractivity contribution in [3.05, 3.63) is 70.5 Å². The Morgan fingerprint density at radius 1 is 1.30 bits per heavy atom. The Hall–Kier alpha value is -3.02. The topological polar surface area (TPSA) is 85.1 Å². The van der Waals surface area contributed by atoms with Gasteiger partial charge in [-0.15, -0.1) is 0 Å². The molecule has 1 aromatic carbocycles. The first-order valence-corrected chi connectivity index (χ1v) is 5.79. The van der Waals surface area contributed by atoms with Crippen molar-refractivity contribution >= 4 is 23.4 Å². The van der Waals surface area contributed by atoms with Gasteiger partial charge in [0, 0.05) is 36.3 Å². The molecule has 2 rings (SSSR count). The summed E-state index contributed by atoms with van der Waals surface area (Å²) in [5.41, 5.74) is 1.10. The Bertz CT molecular complexity index is 654. The first-order chi connectivity index (χ1) is 9.65. The highest BCUT2D eigenvalue weighted by molar-refractivity contribution is 6.02. The summed E-state index contributed by atoms with van der Waals surface area (Å²) in [6.07, 6.45) is 6.22. The summed E-state index contributed by atoms with van der Waals surface area (Å²) < 4.78 is 0. The lowest BCUT2D eigenvalue weighted by molar-refractivity contribution is -0.384. The van der Waals surface area contributed by atoms with Crippen LogP contribution in [-0.2, 0) is 4.79 Å². The summed E-state index contributed by atoms with van der Waals surface area (Å²) in [5, 5.41) is 13.2. The monoisotopic (exact) mass is 269 g/mol. The highest BCUT2D eigenvalue weighted by Gasteiger charge is 2.06. The Morgan fingerprint density at radius 3 is 2.85 bits per heavy atom. The van der Waals surface area contributed by atoms with E-state index in [0.29, 0.717) is 5.69 Å². The lowest BCUT2D eigenvalue weighted by Crippen LogP contribution is -2.07. The number of hydrogen-bond acceptors (Lipinski definition) is 4. The van der Waals surface area contributed by atoms with E-state index in [1.807, 2.05) is 6.07 Å². The minimum absolute atomic E-state index is 0.0703. The van der Waals surface area contributed by atoms with Gasteiger partial charge in [-0.05, 0) is 23.8 Å². The van der Waals surface area contributed by atoms with Crippen LogP contribution >= 0.6 is 0 Å². The molecule has 0 saturated carbocycles. The smallest absolute Gasteiger partial charge is 0.271 e. The molecule has 0 aliphatic rings. The minimum atomic E-state index is -0.513. The molecule has 0 aliphatic heterocycles. The van der Waals surface area contributed by atoms with Crippen LogP contribution in [-0.4, -0.2) is 15.8 Å². The Balaban J connectivity index is 2.03. The van der Waals surface area contributed by atoms with Crippen molar-refractivity contribution in [2.45, 2.75) is 0 Å². The second-order valence-electron chi connectivity index (χ2n) is 3.92. The molecule has 1 N–H and O–H groups in total. The van der Waals surface area contributed by atoms with Crippen molar-refractivity contribution in [2.24, 2.45) is 0 Å². The molecule has 1 aromatic heterocycles. The van der Waals surface area contributed by atoms with Gasteiger partial charge in [-0.25, -0.2) is 0 Å². The van der Waals surface area contributed by atoms with Gasteiger partial charge >= 0.3 is 0 Å². The largest absolute Gasteiger partial charge is 0.322 e. The standard InChI is InChI=1S/C14H11N3O3/c18-14(7-6-11-3-2-8-15-10-11)16-12-4-1-5-13(9-12)17(19)20/h1-10H,(H,16,18)/b7-6+. The highest BCUT2D eigenvalue weighted by Crippen LogP contribution is 2.16. The maximum Gasteiger partial charge on any atom is 0.271 e. The molecular weight excluding hydrogens is 258 g/mol. The molecule has 0 unspecified atom stereocenters. The van der Waals surface area contributed by atoms with Crippen LogP contribution in [0.5, 0.6) is 0 Å². The van der Waals surface area contributed by atoms with E-state index in [4.69, 9.17) is 0 Å². The van der Waals surface area contributed by atoms with Gasteiger partial charge in [-0.1, -0.05) is 12.1 Å². The number of amides is 1. The van der Waals surface area contributed by atoms with Gasteiger partial charge in [0.1, 0.15) is 0 Å². The number of nitro groups is 1. The van der Waals surface area contributed by atoms with Gasteiger partial charge in [0.25, 0.3) is 5.69 Å². The number of nitrogens with one attached hydrogen (secondary N) is 1. The maximum atomic E-state index is 11.7. The number of non-ortho nitro benzene ring substituents is 1. The van der Waals surface area contributed by atoms with Gasteiger partial charge in [-0.3, -0.25) is 19.9 Å². The first kappa shape index (κ1) is 13.4. The Kier molecular flexibility index (Phi) is 4.18. The zero-order chi connectivity index (χ0) is 14.4. The summed E-state index contributed by atoms with van der Waals surface area (Å²) in [6, 6.07) is 9.33. The Morgan fingerprint density at radius 2 is 2.15 bits per heavy atom. The number of carbonyl (C=O) groups excluding carboxylic acids is 1. The van der Waals surface area contributed by atoms with E-state index in [0.717, 1.165) is 5.56 Å². The summed E-state index contributed by atoms with van der Waals surface area (Å²) in [6.45, 7) is 0. The maximum absolute atomic E-state index is 11.7. The summed E-state index contributed by atoms with van der Waals surface area (Å²) in [4.78, 5) is 25.7. The predicted molar refractivity (Wildman–Crippen MR) is 75.0 cm³/mol. The van der Waals surface area contributed by atoms with E-state index in [2.05, 4.69) is 10.3 Å². The van der Waals surface area contributed by atoms with Gasteiger partial charge in [0.2, 0.25) is 5.91 Å². The Labute approximate surface area is 114 Å². The van der Waals surface area contributed by atoms with E-state index in [9.17, 15) is 14.9 Å². The minimum Gasteiger partial charge on any atom is -0.322 e. The molecule has 0 radical (unpaired) electrons. The molecule has 1 amide bonds. The average Bonchev–Trinajstić information content (AvgIpc) is 2.46. The number of pyridine rings is 1. The molecule has 0 aliphatic carbocycles. The molecule has 2 aromatic rings. The molecule has 0 fully saturated rings. The molecule has 20 heavy (non-hydrogen) atoms. The van der Waals surface area contributed by atoms with Crippen LogP contribution in [0, 0.1) is 10.1 Å². The highest BCUT2D eigenvalue weighted by atomic mass is 16.6. The van der Waals surface area contributed by atoms with E-state index in [-0.39, 0.29) is 11.6 Å². The molecule has 6 heteroatoms. The third-order valence-corrected chi connectivity index (χ3v) is 2.44. The van der Waals surface area contributed by atoms with Crippen LogP contribution in [0.25, 0.3) is 6.08 Å². The van der Waals surface area contributed by atoms with Crippen molar-refractivity contribution in [1.29, 1.82) is 0 Å². The van der Waals surface area contributed by atoms with Crippen LogP contribution in [0.2, 0.25) is 0 Å². The van der Waals surface area contributed by atoms with Crippen LogP contribution in [0.3, 0.4) is 0 Å². The predicted octanol–water partition coefficient (Wildman–Crippen LogP) is 2.64. The van der Waals surface area contributed by atoms with Gasteiger partial charge in [-0.2, -0.15) is 0 Å². The number of benzene rings is 1. The van der Waals surface area contributed by atoms with Crippen LogP contribution < -0.4 is 5.32 Å². The number of aromatic nitrogens is 1. The average molecular weight is 269 g/mol. The lowest BCUT2D eigenvalue weighted by atomic mass is 10.2. The lowest BCUT2D eigenvalue weighted by Gasteiger charge is -2.01. The van der Waals surface area contributed by atoms with Gasteiger partial charge in [0.05, 0.1) is 4.92 Å². The third kappa shape index (κ3) is 3.74. The quantitative estimate of drug-likeness (QED) is 0.525. The number of carbonyl (C=O) groups is 1. The number of nitro benzene ring substituents is 1. The van der Waals surface area contributed by atoms with Gasteiger partial charge in [0.15, 0.2) is 0 Å². The first-order valence-electron chi connectivity index (χ1n) is 5.79. The number of nitrogens with zero attached hydrogens (tertiary/aromatic N) is 2.